The number of benzene rings is 1. The molecule has 0 saturated carbocycles. The average Bonchev–Trinajstić information content (AvgIpc) is 2.84. The van der Waals surface area contributed by atoms with E-state index in [4.69, 9.17) is 14.3 Å². The van der Waals surface area contributed by atoms with Gasteiger partial charge in [-0.1, -0.05) is 12.1 Å². The first kappa shape index (κ1) is 12.8. The second kappa shape index (κ2) is 7.11. The minimum atomic E-state index is 0.181. The molecular formula is C13H15NO3. The van der Waals surface area contributed by atoms with Gasteiger partial charge in [0, 0.05) is 0 Å². The molecule has 0 amide bonds. The Morgan fingerprint density at radius 2 is 2.06 bits per heavy atom. The van der Waals surface area contributed by atoms with E-state index in [1.165, 1.54) is 7.11 Å². The molecular weight excluding hydrogens is 218 g/mol. The highest BCUT2D eigenvalue weighted by molar-refractivity contribution is 5.37. The van der Waals surface area contributed by atoms with Crippen molar-refractivity contribution in [1.29, 1.82) is 0 Å². The lowest BCUT2D eigenvalue weighted by Gasteiger charge is -1.99. The van der Waals surface area contributed by atoms with E-state index in [0.717, 1.165) is 5.76 Å². The normalized spacial score (nSPS) is 9.00. The van der Waals surface area contributed by atoms with Crippen LogP contribution in [0.5, 0.6) is 11.5 Å². The molecule has 0 spiro atoms. The Morgan fingerprint density at radius 1 is 1.29 bits per heavy atom. The highest BCUT2D eigenvalue weighted by Gasteiger charge is 1.94. The van der Waals surface area contributed by atoms with Gasteiger partial charge in [0.2, 0.25) is 0 Å². The molecule has 0 fully saturated rings. The van der Waals surface area contributed by atoms with Crippen LogP contribution in [-0.2, 0) is 6.54 Å². The van der Waals surface area contributed by atoms with Crippen LogP contribution in [0.25, 0.3) is 0 Å². The Bertz CT molecular complexity index is 438. The summed E-state index contributed by atoms with van der Waals surface area (Å²) in [6.45, 7) is 3.90. The molecule has 1 aromatic carbocycles. The van der Waals surface area contributed by atoms with Gasteiger partial charge in [0.25, 0.3) is 0 Å². The number of phenols is 1. The maximum Gasteiger partial charge on any atom is 0.160 e. The fourth-order valence-corrected chi connectivity index (χ4v) is 1.14. The molecule has 4 nitrogen and oxygen atoms in total. The van der Waals surface area contributed by atoms with Gasteiger partial charge in [-0.3, -0.25) is 4.99 Å². The van der Waals surface area contributed by atoms with Crippen LogP contribution in [0.2, 0.25) is 0 Å². The molecule has 1 N–H and O–H groups in total. The second-order valence-electron chi connectivity index (χ2n) is 3.13. The minimum Gasteiger partial charge on any atom is -0.504 e. The number of ether oxygens (including phenoxy) is 1. The Hall–Kier alpha value is -2.23. The number of rotatable bonds is 3. The molecule has 0 aliphatic carbocycles. The summed E-state index contributed by atoms with van der Waals surface area (Å²) in [6, 6.07) is 10.5. The lowest BCUT2D eigenvalue weighted by molar-refractivity contribution is 0.373. The highest BCUT2D eigenvalue weighted by Crippen LogP contribution is 2.22. The number of hydrogen-bond acceptors (Lipinski definition) is 4. The van der Waals surface area contributed by atoms with Crippen molar-refractivity contribution >= 4 is 6.72 Å². The molecule has 4 heteroatoms. The van der Waals surface area contributed by atoms with Crippen LogP contribution in [0.15, 0.2) is 52.1 Å². The zero-order valence-electron chi connectivity index (χ0n) is 9.67. The van der Waals surface area contributed by atoms with Crippen LogP contribution in [0.4, 0.5) is 0 Å². The Kier molecular flexibility index (Phi) is 5.37. The van der Waals surface area contributed by atoms with Crippen LogP contribution in [0.3, 0.4) is 0 Å². The van der Waals surface area contributed by atoms with Crippen LogP contribution in [0, 0.1) is 0 Å². The van der Waals surface area contributed by atoms with Gasteiger partial charge in [-0.05, 0) is 31.0 Å². The molecule has 0 radical (unpaired) electrons. The Labute approximate surface area is 100 Å². The van der Waals surface area contributed by atoms with Gasteiger partial charge >= 0.3 is 0 Å². The molecule has 0 saturated heterocycles. The van der Waals surface area contributed by atoms with Gasteiger partial charge in [-0.25, -0.2) is 0 Å². The number of nitrogens with zero attached hydrogens (tertiary/aromatic N) is 1. The predicted molar refractivity (Wildman–Crippen MR) is 66.6 cm³/mol. The van der Waals surface area contributed by atoms with E-state index in [9.17, 15) is 0 Å². The second-order valence-corrected chi connectivity index (χ2v) is 3.13. The smallest absolute Gasteiger partial charge is 0.160 e. The van der Waals surface area contributed by atoms with E-state index in [1.807, 2.05) is 12.1 Å². The quantitative estimate of drug-likeness (QED) is 0.829. The van der Waals surface area contributed by atoms with E-state index in [1.54, 1.807) is 30.5 Å². The van der Waals surface area contributed by atoms with Crippen molar-refractivity contribution in [3.63, 3.8) is 0 Å². The fourth-order valence-electron chi connectivity index (χ4n) is 1.14. The van der Waals surface area contributed by atoms with E-state index in [-0.39, 0.29) is 5.75 Å². The maximum atomic E-state index is 8.99. The molecule has 1 aromatic heterocycles. The van der Waals surface area contributed by atoms with Gasteiger partial charge < -0.3 is 14.3 Å². The first-order valence-electron chi connectivity index (χ1n) is 5.04. The summed E-state index contributed by atoms with van der Waals surface area (Å²) >= 11 is 0. The number of para-hydroxylation sites is 2. The summed E-state index contributed by atoms with van der Waals surface area (Å²) in [5, 5.41) is 8.99. The third-order valence-corrected chi connectivity index (χ3v) is 1.93. The first-order valence-corrected chi connectivity index (χ1v) is 5.04. The van der Waals surface area contributed by atoms with Crippen LogP contribution in [-0.4, -0.2) is 18.9 Å². The summed E-state index contributed by atoms with van der Waals surface area (Å²) < 4.78 is 9.74. The Morgan fingerprint density at radius 3 is 2.53 bits per heavy atom. The van der Waals surface area contributed by atoms with E-state index >= 15 is 0 Å². The summed E-state index contributed by atoms with van der Waals surface area (Å²) in [6.07, 6.45) is 1.63. The molecule has 0 aliphatic rings. The van der Waals surface area contributed by atoms with Crippen molar-refractivity contribution < 1.29 is 14.3 Å². The van der Waals surface area contributed by atoms with Crippen LogP contribution < -0.4 is 4.74 Å². The van der Waals surface area contributed by atoms with Crippen molar-refractivity contribution in [3.05, 3.63) is 48.4 Å². The summed E-state index contributed by atoms with van der Waals surface area (Å²) in [4.78, 5) is 3.63. The van der Waals surface area contributed by atoms with E-state index < -0.39 is 0 Å². The molecule has 2 aromatic rings. The van der Waals surface area contributed by atoms with Gasteiger partial charge in [-0.15, -0.1) is 0 Å². The van der Waals surface area contributed by atoms with Crippen LogP contribution >= 0.6 is 0 Å². The first-order chi connectivity index (χ1) is 8.27. The number of aliphatic imine (C=N–C) groups is 1. The van der Waals surface area contributed by atoms with Crippen molar-refractivity contribution in [2.45, 2.75) is 6.54 Å². The highest BCUT2D eigenvalue weighted by atomic mass is 16.5. The summed E-state index contributed by atoms with van der Waals surface area (Å²) in [5.74, 6) is 1.55. The monoisotopic (exact) mass is 233 g/mol. The number of hydrogen-bond donors (Lipinski definition) is 1. The number of aromatic hydroxyl groups is 1. The lowest BCUT2D eigenvalue weighted by Crippen LogP contribution is -1.80. The lowest BCUT2D eigenvalue weighted by atomic mass is 10.3. The molecule has 1 heterocycles. The molecule has 90 valence electrons. The van der Waals surface area contributed by atoms with Gasteiger partial charge in [0.1, 0.15) is 5.76 Å². The molecule has 17 heavy (non-hydrogen) atoms. The third-order valence-electron chi connectivity index (χ3n) is 1.93. The number of phenolic OH excluding ortho intramolecular Hbond substituents is 1. The molecule has 0 unspecified atom stereocenters. The minimum absolute atomic E-state index is 0.181. The number of methoxy groups -OCH3 is 1. The standard InChI is InChI=1S/C7H8O2.C6H7NO/c1-9-7-5-3-2-4-6(7)8;1-7-5-6-3-2-4-8-6/h2-5,8H,1H3;2-4H,1,5H2. The third kappa shape index (κ3) is 4.42. The summed E-state index contributed by atoms with van der Waals surface area (Å²) in [5.41, 5.74) is 0. The molecule has 0 atom stereocenters. The van der Waals surface area contributed by atoms with Gasteiger partial charge in [-0.2, -0.15) is 0 Å². The Balaban J connectivity index is 0.000000171. The zero-order chi connectivity index (χ0) is 12.5. The average molecular weight is 233 g/mol. The summed E-state index contributed by atoms with van der Waals surface area (Å²) in [7, 11) is 1.52. The molecule has 0 bridgehead atoms. The number of furan rings is 1. The van der Waals surface area contributed by atoms with Crippen molar-refractivity contribution in [1.82, 2.24) is 0 Å². The zero-order valence-corrected chi connectivity index (χ0v) is 9.67. The SMILES string of the molecule is C=NCc1ccco1.COc1ccccc1O. The van der Waals surface area contributed by atoms with Crippen molar-refractivity contribution in [3.8, 4) is 11.5 Å². The maximum absolute atomic E-state index is 8.99. The largest absolute Gasteiger partial charge is 0.504 e. The molecule has 2 rings (SSSR count). The molecule has 0 aliphatic heterocycles. The van der Waals surface area contributed by atoms with E-state index in [0.29, 0.717) is 12.3 Å². The predicted octanol–water partition coefficient (Wildman–Crippen LogP) is 2.88. The van der Waals surface area contributed by atoms with Gasteiger partial charge in [0.05, 0.1) is 19.9 Å². The van der Waals surface area contributed by atoms with Crippen LogP contribution in [0.1, 0.15) is 5.76 Å². The van der Waals surface area contributed by atoms with E-state index in [2.05, 4.69) is 11.7 Å². The fraction of sp³-hybridized carbons (Fsp3) is 0.154. The van der Waals surface area contributed by atoms with Crippen molar-refractivity contribution in [2.24, 2.45) is 4.99 Å². The van der Waals surface area contributed by atoms with Crippen molar-refractivity contribution in [2.75, 3.05) is 7.11 Å². The van der Waals surface area contributed by atoms with Gasteiger partial charge in [0.15, 0.2) is 11.5 Å². The topological polar surface area (TPSA) is 55.0 Å².